The molecule has 114 valence electrons. The summed E-state index contributed by atoms with van der Waals surface area (Å²) in [7, 11) is 0.888. The lowest BCUT2D eigenvalue weighted by atomic mass is 10.2. The predicted octanol–water partition coefficient (Wildman–Crippen LogP) is 2.87. The summed E-state index contributed by atoms with van der Waals surface area (Å²) >= 11 is -0.986. The predicted molar refractivity (Wildman–Crippen MR) is 52.5 cm³/mol. The minimum absolute atomic E-state index is 0.888. The Morgan fingerprint density at radius 2 is 1.68 bits per heavy atom. The number of carbonyl (C=O) groups excluding carboxylic acids is 1. The van der Waals surface area contributed by atoms with E-state index < -0.39 is 41.5 Å². The Hall–Kier alpha value is -0.650. The molecule has 1 unspecified atom stereocenters. The number of carbonyl (C=O) groups is 1. The first-order chi connectivity index (χ1) is 8.52. The number of ether oxygens (including phenoxy) is 1. The largest absolute Gasteiger partial charge is 0.445 e. The first-order valence-corrected chi connectivity index (χ1v) is 5.46. The van der Waals surface area contributed by atoms with Gasteiger partial charge in [-0.1, -0.05) is 18.9 Å². The molecule has 0 aliphatic rings. The van der Waals surface area contributed by atoms with Crippen molar-refractivity contribution >= 4 is 18.0 Å². The molecule has 0 spiro atoms. The van der Waals surface area contributed by atoms with Crippen molar-refractivity contribution < 1.29 is 45.7 Å². The molecule has 0 amide bonds. The van der Waals surface area contributed by atoms with Crippen LogP contribution in [0.4, 0.5) is 22.0 Å². The summed E-state index contributed by atoms with van der Waals surface area (Å²) in [5.74, 6) is -2.42. The summed E-state index contributed by atoms with van der Waals surface area (Å²) in [5.41, 5.74) is 0. The van der Waals surface area contributed by atoms with E-state index in [1.165, 1.54) is 13.8 Å². The van der Waals surface area contributed by atoms with Gasteiger partial charge in [-0.15, -0.1) is 4.33 Å². The zero-order valence-corrected chi connectivity index (χ0v) is 10.8. The highest BCUT2D eigenvalue weighted by molar-refractivity contribution is 7.95. The lowest BCUT2D eigenvalue weighted by molar-refractivity contribution is -0.449. The molecule has 11 heteroatoms. The van der Waals surface area contributed by atoms with Crippen LogP contribution in [0, 0.1) is 5.92 Å². The molecule has 0 N–H and O–H groups in total. The maximum Gasteiger partial charge on any atom is 0.432 e. The average molecular weight is 314 g/mol. The summed E-state index contributed by atoms with van der Waals surface area (Å²) in [6.45, 7) is 2.40. The quantitative estimate of drug-likeness (QED) is 0.180. The van der Waals surface area contributed by atoms with Crippen molar-refractivity contribution in [2.45, 2.75) is 31.4 Å². The van der Waals surface area contributed by atoms with Crippen molar-refractivity contribution in [2.75, 3.05) is 7.11 Å². The van der Waals surface area contributed by atoms with Gasteiger partial charge in [-0.2, -0.15) is 22.0 Å². The third kappa shape index (κ3) is 6.36. The molecular weight excluding hydrogens is 303 g/mol. The molecule has 0 bridgehead atoms. The smallest absolute Gasteiger partial charge is 0.432 e. The normalized spacial score (nSPS) is 14.6. The molecule has 0 rings (SSSR count). The van der Waals surface area contributed by atoms with Crippen LogP contribution in [0.1, 0.15) is 13.8 Å². The van der Waals surface area contributed by atoms with Crippen LogP contribution < -0.4 is 0 Å². The second kappa shape index (κ2) is 7.22. The molecule has 0 heterocycles. The first kappa shape index (κ1) is 18.4. The van der Waals surface area contributed by atoms with E-state index in [1.807, 2.05) is 0 Å². The summed E-state index contributed by atoms with van der Waals surface area (Å²) in [5, 5.41) is -1.05. The third-order valence-corrected chi connectivity index (χ3v) is 2.11. The van der Waals surface area contributed by atoms with Gasteiger partial charge in [0.25, 0.3) is 6.10 Å². The molecule has 0 radical (unpaired) electrons. The topological polar surface area (TPSA) is 54.0 Å². The Bertz CT molecular complexity index is 296. The fraction of sp³-hybridized carbons (Fsp3) is 0.875. The van der Waals surface area contributed by atoms with E-state index in [9.17, 15) is 26.7 Å². The molecule has 0 fully saturated rings. The molecule has 0 aromatic carbocycles. The molecule has 0 aliphatic heterocycles. The van der Waals surface area contributed by atoms with Crippen LogP contribution in [0.25, 0.3) is 0 Å². The Morgan fingerprint density at radius 3 is 2.05 bits per heavy atom. The molecule has 0 saturated carbocycles. The zero-order chi connectivity index (χ0) is 15.3. The van der Waals surface area contributed by atoms with Gasteiger partial charge in [0, 0.05) is 0 Å². The number of rotatable bonds is 7. The van der Waals surface area contributed by atoms with E-state index in [1.54, 1.807) is 0 Å². The standard InChI is InChI=1S/C8H11F5O5S/c1-4(2)5(14)16-6(7(9,10)11)8(12,13)19-18-17-15-3/h4,6H,1-3H3. The lowest BCUT2D eigenvalue weighted by Gasteiger charge is -2.26. The maximum absolute atomic E-state index is 13.2. The van der Waals surface area contributed by atoms with Gasteiger partial charge in [-0.25, -0.2) is 4.89 Å². The van der Waals surface area contributed by atoms with Gasteiger partial charge < -0.3 is 4.74 Å². The minimum atomic E-state index is -5.47. The second-order valence-electron chi connectivity index (χ2n) is 3.46. The van der Waals surface area contributed by atoms with E-state index in [2.05, 4.69) is 19.0 Å². The number of hydrogen-bond acceptors (Lipinski definition) is 6. The monoisotopic (exact) mass is 314 g/mol. The highest BCUT2D eigenvalue weighted by atomic mass is 32.2. The number of alkyl halides is 5. The number of halogens is 5. The highest BCUT2D eigenvalue weighted by Crippen LogP contribution is 2.42. The number of esters is 1. The minimum Gasteiger partial charge on any atom is -0.445 e. The lowest BCUT2D eigenvalue weighted by Crippen LogP contribution is -2.47. The molecule has 19 heavy (non-hydrogen) atoms. The highest BCUT2D eigenvalue weighted by Gasteiger charge is 2.60. The SMILES string of the molecule is COOOSC(F)(F)C(OC(=O)C(C)C)C(F)(F)F. The van der Waals surface area contributed by atoms with E-state index >= 15 is 0 Å². The van der Waals surface area contributed by atoms with Crippen LogP contribution in [-0.2, 0) is 23.8 Å². The van der Waals surface area contributed by atoms with Crippen molar-refractivity contribution in [1.29, 1.82) is 0 Å². The van der Waals surface area contributed by atoms with Crippen LogP contribution in [0.15, 0.2) is 0 Å². The zero-order valence-electron chi connectivity index (χ0n) is 9.99. The number of hydrogen-bond donors (Lipinski definition) is 0. The third-order valence-electron chi connectivity index (χ3n) is 1.55. The summed E-state index contributed by atoms with van der Waals surface area (Å²) < 4.78 is 71.2. The van der Waals surface area contributed by atoms with Crippen LogP contribution in [-0.4, -0.2) is 30.6 Å². The second-order valence-corrected chi connectivity index (χ2v) is 4.31. The molecule has 0 saturated heterocycles. The van der Waals surface area contributed by atoms with E-state index in [0.29, 0.717) is 0 Å². The summed E-state index contributed by atoms with van der Waals surface area (Å²) in [6, 6.07) is 0. The first-order valence-electron chi connectivity index (χ1n) is 4.72. The van der Waals surface area contributed by atoms with Crippen LogP contribution >= 0.6 is 12.0 Å². The summed E-state index contributed by atoms with van der Waals surface area (Å²) in [4.78, 5) is 14.8. The van der Waals surface area contributed by atoms with Crippen LogP contribution in [0.3, 0.4) is 0 Å². The van der Waals surface area contributed by atoms with Gasteiger partial charge in [0.2, 0.25) is 0 Å². The van der Waals surface area contributed by atoms with Crippen molar-refractivity contribution in [1.82, 2.24) is 0 Å². The molecule has 1 atom stereocenters. The Morgan fingerprint density at radius 1 is 1.16 bits per heavy atom. The summed E-state index contributed by atoms with van der Waals surface area (Å²) in [6.07, 6.45) is -9.14. The van der Waals surface area contributed by atoms with Crippen molar-refractivity contribution in [3.05, 3.63) is 0 Å². The fourth-order valence-corrected chi connectivity index (χ4v) is 1.15. The van der Waals surface area contributed by atoms with E-state index in [0.717, 1.165) is 7.11 Å². The van der Waals surface area contributed by atoms with Gasteiger partial charge in [-0.3, -0.25) is 4.79 Å². The van der Waals surface area contributed by atoms with Crippen molar-refractivity contribution in [3.8, 4) is 0 Å². The average Bonchev–Trinajstić information content (AvgIpc) is 2.23. The fourth-order valence-electron chi connectivity index (χ4n) is 0.709. The maximum atomic E-state index is 13.2. The molecule has 0 aliphatic carbocycles. The van der Waals surface area contributed by atoms with Gasteiger partial charge in [0.15, 0.2) is 0 Å². The van der Waals surface area contributed by atoms with E-state index in [-0.39, 0.29) is 0 Å². The van der Waals surface area contributed by atoms with Gasteiger partial charge in [-0.05, 0) is 0 Å². The Kier molecular flexibility index (Phi) is 6.97. The molecule has 0 aromatic heterocycles. The van der Waals surface area contributed by atoms with Gasteiger partial charge in [0.1, 0.15) is 12.0 Å². The Balaban J connectivity index is 4.88. The van der Waals surface area contributed by atoms with Crippen LogP contribution in [0.2, 0.25) is 0 Å². The van der Waals surface area contributed by atoms with Gasteiger partial charge in [0.05, 0.1) is 13.0 Å². The molecule has 0 aromatic rings. The Labute approximate surface area is 109 Å². The van der Waals surface area contributed by atoms with E-state index in [4.69, 9.17) is 0 Å². The molecule has 5 nitrogen and oxygen atoms in total. The van der Waals surface area contributed by atoms with Crippen molar-refractivity contribution in [2.24, 2.45) is 5.92 Å². The van der Waals surface area contributed by atoms with Crippen LogP contribution in [0.5, 0.6) is 0 Å². The molecular formula is C8H11F5O5S. The van der Waals surface area contributed by atoms with Crippen molar-refractivity contribution in [3.63, 3.8) is 0 Å². The van der Waals surface area contributed by atoms with Gasteiger partial charge >= 0.3 is 17.4 Å².